The van der Waals surface area contributed by atoms with E-state index in [9.17, 15) is 9.50 Å². The molecule has 122 valence electrons. The molecule has 0 heterocycles. The molecule has 0 aliphatic carbocycles. The summed E-state index contributed by atoms with van der Waals surface area (Å²) >= 11 is 5.87. The molecule has 0 radical (unpaired) electrons. The van der Waals surface area contributed by atoms with E-state index in [1.165, 1.54) is 6.07 Å². The van der Waals surface area contributed by atoms with Crippen LogP contribution in [0.5, 0.6) is 5.75 Å². The van der Waals surface area contributed by atoms with Crippen molar-refractivity contribution in [2.24, 2.45) is 0 Å². The molecule has 0 saturated carbocycles. The highest BCUT2D eigenvalue weighted by Gasteiger charge is 2.15. The summed E-state index contributed by atoms with van der Waals surface area (Å²) in [6.45, 7) is 0. The average Bonchev–Trinajstić information content (AvgIpc) is 2.63. The van der Waals surface area contributed by atoms with Crippen molar-refractivity contribution in [1.29, 1.82) is 0 Å². The summed E-state index contributed by atoms with van der Waals surface area (Å²) in [5, 5.41) is 12.9. The molecule has 0 unspecified atom stereocenters. The fraction of sp³-hybridized carbons (Fsp3) is 0. The molecule has 3 heteroatoms. The number of phenols is 1. The third-order valence-corrected chi connectivity index (χ3v) is 4.57. The number of hydrogen-bond donors (Lipinski definition) is 1. The van der Waals surface area contributed by atoms with E-state index in [1.54, 1.807) is 12.1 Å². The SMILES string of the molecule is Oc1c(-c2ccccc2-c2ccc(Cl)cc2F)ccc2ccccc12. The summed E-state index contributed by atoms with van der Waals surface area (Å²) in [7, 11) is 0. The molecule has 0 spiro atoms. The number of fused-ring (bicyclic) bond motifs is 1. The molecular weight excluding hydrogens is 335 g/mol. The maximum atomic E-state index is 14.4. The quantitative estimate of drug-likeness (QED) is 0.428. The number of benzene rings is 4. The molecule has 4 rings (SSSR count). The minimum atomic E-state index is -0.389. The fourth-order valence-electron chi connectivity index (χ4n) is 3.13. The molecule has 0 fully saturated rings. The Morgan fingerprint density at radius 2 is 1.32 bits per heavy atom. The van der Waals surface area contributed by atoms with Crippen LogP contribution in [-0.4, -0.2) is 5.11 Å². The summed E-state index contributed by atoms with van der Waals surface area (Å²) in [5.41, 5.74) is 2.60. The van der Waals surface area contributed by atoms with Gasteiger partial charge in [0.2, 0.25) is 0 Å². The lowest BCUT2D eigenvalue weighted by molar-refractivity contribution is 0.483. The van der Waals surface area contributed by atoms with Crippen LogP contribution in [0.15, 0.2) is 78.9 Å². The monoisotopic (exact) mass is 348 g/mol. The highest BCUT2D eigenvalue weighted by Crippen LogP contribution is 2.41. The van der Waals surface area contributed by atoms with Crippen LogP contribution in [0, 0.1) is 5.82 Å². The van der Waals surface area contributed by atoms with Crippen LogP contribution in [0.3, 0.4) is 0 Å². The molecule has 0 aliphatic rings. The Labute approximate surface area is 149 Å². The second-order valence-corrected chi connectivity index (χ2v) is 6.29. The molecule has 4 aromatic carbocycles. The van der Waals surface area contributed by atoms with Crippen molar-refractivity contribution in [3.63, 3.8) is 0 Å². The summed E-state index contributed by atoms with van der Waals surface area (Å²) in [4.78, 5) is 0. The van der Waals surface area contributed by atoms with Crippen LogP contribution in [0.2, 0.25) is 5.02 Å². The summed E-state index contributed by atoms with van der Waals surface area (Å²) in [6, 6.07) is 23.5. The summed E-state index contributed by atoms with van der Waals surface area (Å²) in [5.74, 6) is -0.194. The number of aromatic hydroxyl groups is 1. The normalized spacial score (nSPS) is 11.0. The topological polar surface area (TPSA) is 20.2 Å². The first kappa shape index (κ1) is 15.7. The van der Waals surface area contributed by atoms with Gasteiger partial charge in [-0.15, -0.1) is 0 Å². The molecule has 1 N–H and O–H groups in total. The molecule has 0 saturated heterocycles. The fourth-order valence-corrected chi connectivity index (χ4v) is 3.29. The first-order chi connectivity index (χ1) is 12.1. The Morgan fingerprint density at radius 3 is 2.08 bits per heavy atom. The molecule has 0 aliphatic heterocycles. The lowest BCUT2D eigenvalue weighted by Gasteiger charge is -2.14. The smallest absolute Gasteiger partial charge is 0.132 e. The molecule has 25 heavy (non-hydrogen) atoms. The van der Waals surface area contributed by atoms with Crippen LogP contribution in [-0.2, 0) is 0 Å². The van der Waals surface area contributed by atoms with Gasteiger partial charge in [-0.25, -0.2) is 4.39 Å². The Bertz CT molecular complexity index is 1090. The van der Waals surface area contributed by atoms with Crippen molar-refractivity contribution < 1.29 is 9.50 Å². The van der Waals surface area contributed by atoms with Crippen LogP contribution in [0.1, 0.15) is 0 Å². The van der Waals surface area contributed by atoms with Crippen molar-refractivity contribution in [2.45, 2.75) is 0 Å². The average molecular weight is 349 g/mol. The Kier molecular flexibility index (Phi) is 3.90. The summed E-state index contributed by atoms with van der Waals surface area (Å²) in [6.07, 6.45) is 0. The Morgan fingerprint density at radius 1 is 0.680 bits per heavy atom. The van der Waals surface area contributed by atoms with Gasteiger partial charge in [-0.1, -0.05) is 66.2 Å². The van der Waals surface area contributed by atoms with Crippen molar-refractivity contribution in [3.05, 3.63) is 89.7 Å². The maximum Gasteiger partial charge on any atom is 0.132 e. The zero-order valence-electron chi connectivity index (χ0n) is 13.2. The molecular formula is C22H14ClFO. The summed E-state index contributed by atoms with van der Waals surface area (Å²) < 4.78 is 14.4. The number of halogens is 2. The predicted molar refractivity (Wildman–Crippen MR) is 101 cm³/mol. The van der Waals surface area contributed by atoms with Crippen molar-refractivity contribution in [3.8, 4) is 28.0 Å². The van der Waals surface area contributed by atoms with Crippen molar-refractivity contribution >= 4 is 22.4 Å². The minimum absolute atomic E-state index is 0.194. The Balaban J connectivity index is 1.97. The van der Waals surface area contributed by atoms with E-state index in [2.05, 4.69) is 0 Å². The van der Waals surface area contributed by atoms with Gasteiger partial charge in [0.1, 0.15) is 11.6 Å². The predicted octanol–water partition coefficient (Wildman–Crippen LogP) is 6.67. The van der Waals surface area contributed by atoms with E-state index >= 15 is 0 Å². The molecule has 0 bridgehead atoms. The van der Waals surface area contributed by atoms with E-state index < -0.39 is 0 Å². The van der Waals surface area contributed by atoms with Crippen LogP contribution < -0.4 is 0 Å². The zero-order valence-corrected chi connectivity index (χ0v) is 14.0. The lowest BCUT2D eigenvalue weighted by atomic mass is 9.92. The van der Waals surface area contributed by atoms with E-state index in [-0.39, 0.29) is 11.6 Å². The second-order valence-electron chi connectivity index (χ2n) is 5.85. The minimum Gasteiger partial charge on any atom is -0.507 e. The van der Waals surface area contributed by atoms with Gasteiger partial charge in [-0.05, 0) is 40.8 Å². The standard InChI is InChI=1S/C22H14ClFO/c23-15-10-12-19(21(24)13-15)17-7-3-4-8-18(17)20-11-9-14-5-1-2-6-16(14)22(20)25/h1-13,25H. The molecule has 0 aromatic heterocycles. The first-order valence-corrected chi connectivity index (χ1v) is 8.28. The third kappa shape index (κ3) is 2.75. The number of phenolic OH excluding ortho intramolecular Hbond substituents is 1. The van der Waals surface area contributed by atoms with Gasteiger partial charge in [-0.2, -0.15) is 0 Å². The molecule has 0 atom stereocenters. The van der Waals surface area contributed by atoms with Crippen LogP contribution in [0.4, 0.5) is 4.39 Å². The first-order valence-electron chi connectivity index (χ1n) is 7.90. The van der Waals surface area contributed by atoms with Gasteiger partial charge in [-0.3, -0.25) is 0 Å². The zero-order chi connectivity index (χ0) is 17.4. The van der Waals surface area contributed by atoms with Crippen molar-refractivity contribution in [2.75, 3.05) is 0 Å². The van der Waals surface area contributed by atoms with E-state index in [0.29, 0.717) is 21.7 Å². The van der Waals surface area contributed by atoms with Gasteiger partial charge >= 0.3 is 0 Å². The second kappa shape index (κ2) is 6.23. The van der Waals surface area contributed by atoms with Crippen molar-refractivity contribution in [1.82, 2.24) is 0 Å². The van der Waals surface area contributed by atoms with E-state index in [1.807, 2.05) is 60.7 Å². The number of hydrogen-bond acceptors (Lipinski definition) is 1. The highest BCUT2D eigenvalue weighted by atomic mass is 35.5. The number of rotatable bonds is 2. The van der Waals surface area contributed by atoms with E-state index in [4.69, 9.17) is 11.6 Å². The molecule has 1 nitrogen and oxygen atoms in total. The van der Waals surface area contributed by atoms with Gasteiger partial charge < -0.3 is 5.11 Å². The van der Waals surface area contributed by atoms with Gasteiger partial charge in [0.05, 0.1) is 0 Å². The van der Waals surface area contributed by atoms with Gasteiger partial charge in [0.15, 0.2) is 0 Å². The van der Waals surface area contributed by atoms with Gasteiger partial charge in [0, 0.05) is 21.5 Å². The maximum absolute atomic E-state index is 14.4. The van der Waals surface area contributed by atoms with Gasteiger partial charge in [0.25, 0.3) is 0 Å². The van der Waals surface area contributed by atoms with Crippen LogP contribution >= 0.6 is 11.6 Å². The van der Waals surface area contributed by atoms with E-state index in [0.717, 1.165) is 16.3 Å². The lowest BCUT2D eigenvalue weighted by Crippen LogP contribution is -1.89. The Hall–Kier alpha value is -2.84. The molecule has 0 amide bonds. The third-order valence-electron chi connectivity index (χ3n) is 4.34. The highest BCUT2D eigenvalue weighted by molar-refractivity contribution is 6.30. The molecule has 4 aromatic rings. The van der Waals surface area contributed by atoms with Crippen LogP contribution in [0.25, 0.3) is 33.0 Å². The largest absolute Gasteiger partial charge is 0.507 e.